The van der Waals surface area contributed by atoms with Crippen molar-refractivity contribution in [3.8, 4) is 0 Å². The molecular weight excluding hydrogens is 106 g/mol. The van der Waals surface area contributed by atoms with Crippen LogP contribution in [0.1, 0.15) is 20.3 Å². The molecule has 0 fully saturated rings. The maximum atomic E-state index is 9.38. The van der Waals surface area contributed by atoms with Gasteiger partial charge < -0.3 is 4.84 Å². The molecule has 0 bridgehead atoms. The monoisotopic (exact) mass is 115 g/mol. The highest BCUT2D eigenvalue weighted by atomic mass is 16.7. The van der Waals surface area contributed by atoms with Crippen LogP contribution in [-0.2, 0) is 9.63 Å². The molecule has 0 amide bonds. The van der Waals surface area contributed by atoms with Crippen LogP contribution in [0.3, 0.4) is 0 Å². The van der Waals surface area contributed by atoms with Gasteiger partial charge in [0.25, 0.3) is 0 Å². The van der Waals surface area contributed by atoms with Gasteiger partial charge in [-0.3, -0.25) is 0 Å². The first-order valence-corrected chi connectivity index (χ1v) is 2.54. The summed E-state index contributed by atoms with van der Waals surface area (Å²) in [5, 5.41) is 0. The van der Waals surface area contributed by atoms with Gasteiger partial charge in [-0.1, -0.05) is 6.92 Å². The molecule has 0 aromatic carbocycles. The lowest BCUT2D eigenvalue weighted by Gasteiger charge is -2.01. The molecule has 0 rings (SSSR count). The largest absolute Gasteiger partial charge is 0.439 e. The Labute approximate surface area is 49.0 Å². The van der Waals surface area contributed by atoms with E-state index in [4.69, 9.17) is 0 Å². The molecule has 0 saturated heterocycles. The van der Waals surface area contributed by atoms with Crippen molar-refractivity contribution in [2.24, 2.45) is 0 Å². The predicted octanol–water partition coefficient (Wildman–Crippen LogP) is 0.388. The molecule has 1 atom stereocenters. The molecule has 0 saturated carbocycles. The lowest BCUT2D eigenvalue weighted by molar-refractivity contribution is 0.126. The fraction of sp³-hybridized carbons (Fsp3) is 0.800. The van der Waals surface area contributed by atoms with Crippen LogP contribution in [0, 0.1) is 0 Å². The van der Waals surface area contributed by atoms with Crippen LogP contribution in [0.25, 0.3) is 0 Å². The molecule has 0 aliphatic rings. The minimum Gasteiger partial charge on any atom is -0.340 e. The Hall–Kier alpha value is -0.570. The Morgan fingerprint density at radius 1 is 1.88 bits per heavy atom. The first kappa shape index (κ1) is 7.43. The van der Waals surface area contributed by atoms with Gasteiger partial charge in [-0.05, 0) is 18.8 Å². The van der Waals surface area contributed by atoms with Crippen LogP contribution in [0.15, 0.2) is 0 Å². The first-order valence-electron chi connectivity index (χ1n) is 2.54. The van der Waals surface area contributed by atoms with Crippen LogP contribution in [0.2, 0.25) is 0 Å². The zero-order chi connectivity index (χ0) is 6.41. The van der Waals surface area contributed by atoms with Crippen molar-refractivity contribution in [1.29, 1.82) is 0 Å². The quantitative estimate of drug-likeness (QED) is 0.497. The summed E-state index contributed by atoms with van der Waals surface area (Å²) in [5.41, 5.74) is 3.44. The molecule has 8 heavy (non-hydrogen) atoms. The molecule has 1 unspecified atom stereocenters. The highest BCUT2D eigenvalue weighted by Crippen LogP contribution is 1.87. The molecule has 0 N–H and O–H groups in total. The Morgan fingerprint density at radius 3 is 2.88 bits per heavy atom. The van der Waals surface area contributed by atoms with Gasteiger partial charge in [-0.15, -0.1) is 0 Å². The van der Waals surface area contributed by atoms with E-state index in [-0.39, 0.29) is 6.04 Å². The average Bonchev–Trinajstić information content (AvgIpc) is 1.83. The zero-order valence-corrected chi connectivity index (χ0v) is 5.05. The van der Waals surface area contributed by atoms with Gasteiger partial charge in [0.15, 0.2) is 0 Å². The van der Waals surface area contributed by atoms with Crippen LogP contribution in [-0.4, -0.2) is 12.5 Å². The van der Waals surface area contributed by atoms with Crippen LogP contribution in [0.5, 0.6) is 0 Å². The smallest absolute Gasteiger partial charge is 0.340 e. The third-order valence-electron chi connectivity index (χ3n) is 0.861. The van der Waals surface area contributed by atoms with Crippen molar-refractivity contribution < 1.29 is 9.63 Å². The minimum absolute atomic E-state index is 0.0939. The number of hydrogen-bond acceptors (Lipinski definition) is 2. The minimum atomic E-state index is 0.0939. The summed E-state index contributed by atoms with van der Waals surface area (Å²) in [5.74, 6) is 0. The summed E-state index contributed by atoms with van der Waals surface area (Å²) in [7, 11) is 0. The summed E-state index contributed by atoms with van der Waals surface area (Å²) in [6, 6.07) is 0.0939. The highest BCUT2D eigenvalue weighted by molar-refractivity contribution is 5.37. The summed E-state index contributed by atoms with van der Waals surface area (Å²) in [4.78, 5) is 13.4. The number of nitrogens with zero attached hydrogens (tertiary/aromatic N) is 1. The molecule has 0 heterocycles. The number of hydrogen-bond donors (Lipinski definition) is 0. The SMILES string of the molecule is CCC(C)[N]O[C]=O. The molecule has 0 aliphatic heterocycles. The van der Waals surface area contributed by atoms with E-state index in [9.17, 15) is 4.79 Å². The van der Waals surface area contributed by atoms with Crippen molar-refractivity contribution in [1.82, 2.24) is 5.48 Å². The molecular formula is C5H9NO2. The Morgan fingerprint density at radius 2 is 2.50 bits per heavy atom. The second kappa shape index (κ2) is 4.59. The van der Waals surface area contributed by atoms with Crippen LogP contribution >= 0.6 is 0 Å². The number of carbonyl (C=O) groups excluding carboxylic acids is 1. The predicted molar refractivity (Wildman–Crippen MR) is 28.7 cm³/mol. The molecule has 3 heteroatoms. The van der Waals surface area contributed by atoms with Gasteiger partial charge in [-0.25, -0.2) is 4.79 Å². The van der Waals surface area contributed by atoms with Crippen molar-refractivity contribution >= 4 is 6.47 Å². The number of hydroxylamine groups is 1. The maximum Gasteiger partial charge on any atom is 0.439 e. The third-order valence-corrected chi connectivity index (χ3v) is 0.861. The average molecular weight is 115 g/mol. The van der Waals surface area contributed by atoms with Gasteiger partial charge >= 0.3 is 6.47 Å². The molecule has 0 aromatic heterocycles. The normalized spacial score (nSPS) is 12.8. The summed E-state index contributed by atoms with van der Waals surface area (Å²) >= 11 is 0. The standard InChI is InChI=1S/C5H9NO2/c1-3-5(2)6-8-4-7/h5H,3H2,1-2H3. The van der Waals surface area contributed by atoms with Gasteiger partial charge in [0.05, 0.1) is 6.04 Å². The maximum absolute atomic E-state index is 9.38. The molecule has 2 radical (unpaired) electrons. The van der Waals surface area contributed by atoms with Gasteiger partial charge in [0, 0.05) is 0 Å². The molecule has 0 aliphatic carbocycles. The Bertz CT molecular complexity index is 65.4. The second-order valence-corrected chi connectivity index (χ2v) is 1.54. The summed E-state index contributed by atoms with van der Waals surface area (Å²) < 4.78 is 0. The van der Waals surface area contributed by atoms with E-state index in [0.717, 1.165) is 6.42 Å². The lowest BCUT2D eigenvalue weighted by atomic mass is 10.3. The van der Waals surface area contributed by atoms with Crippen molar-refractivity contribution in [2.45, 2.75) is 26.3 Å². The van der Waals surface area contributed by atoms with Crippen LogP contribution < -0.4 is 5.48 Å². The fourth-order valence-corrected chi connectivity index (χ4v) is 0.186. The van der Waals surface area contributed by atoms with Gasteiger partial charge in [0.2, 0.25) is 0 Å². The van der Waals surface area contributed by atoms with Gasteiger partial charge in [-0.2, -0.15) is 0 Å². The summed E-state index contributed by atoms with van der Waals surface area (Å²) in [6.45, 7) is 5.04. The lowest BCUT2D eigenvalue weighted by Crippen LogP contribution is -2.16. The highest BCUT2D eigenvalue weighted by Gasteiger charge is 1.97. The Kier molecular flexibility index (Phi) is 4.26. The van der Waals surface area contributed by atoms with E-state index in [2.05, 4.69) is 10.3 Å². The third kappa shape index (κ3) is 3.61. The fourth-order valence-electron chi connectivity index (χ4n) is 0.186. The van der Waals surface area contributed by atoms with E-state index in [1.165, 1.54) is 6.47 Å². The summed E-state index contributed by atoms with van der Waals surface area (Å²) in [6.07, 6.45) is 0.877. The van der Waals surface area contributed by atoms with Crippen molar-refractivity contribution in [3.63, 3.8) is 0 Å². The zero-order valence-electron chi connectivity index (χ0n) is 5.05. The van der Waals surface area contributed by atoms with E-state index in [1.807, 2.05) is 13.8 Å². The molecule has 46 valence electrons. The number of rotatable bonds is 4. The molecule has 0 aromatic rings. The second-order valence-electron chi connectivity index (χ2n) is 1.54. The van der Waals surface area contributed by atoms with E-state index >= 15 is 0 Å². The van der Waals surface area contributed by atoms with Crippen molar-refractivity contribution in [2.75, 3.05) is 0 Å². The van der Waals surface area contributed by atoms with Crippen LogP contribution in [0.4, 0.5) is 0 Å². The van der Waals surface area contributed by atoms with E-state index in [0.29, 0.717) is 0 Å². The van der Waals surface area contributed by atoms with E-state index in [1.54, 1.807) is 0 Å². The Balaban J connectivity index is 2.97. The molecule has 3 nitrogen and oxygen atoms in total. The van der Waals surface area contributed by atoms with Crippen molar-refractivity contribution in [3.05, 3.63) is 0 Å². The first-order chi connectivity index (χ1) is 3.81. The van der Waals surface area contributed by atoms with Gasteiger partial charge in [0.1, 0.15) is 0 Å². The van der Waals surface area contributed by atoms with E-state index < -0.39 is 0 Å². The topological polar surface area (TPSA) is 40.4 Å². The molecule has 0 spiro atoms.